The minimum atomic E-state index is -0.414. The van der Waals surface area contributed by atoms with E-state index in [9.17, 15) is 9.59 Å². The molecule has 6 nitrogen and oxygen atoms in total. The van der Waals surface area contributed by atoms with E-state index in [1.165, 1.54) is 11.8 Å². The minimum absolute atomic E-state index is 0.168. The van der Waals surface area contributed by atoms with Gasteiger partial charge in [0.1, 0.15) is 11.6 Å². The predicted molar refractivity (Wildman–Crippen MR) is 123 cm³/mol. The van der Waals surface area contributed by atoms with Gasteiger partial charge < -0.3 is 15.0 Å². The number of carbonyl (C=O) groups excluding carboxylic acids is 1. The molecule has 2 heterocycles. The highest BCUT2D eigenvalue weighted by atomic mass is 35.5. The molecule has 0 fully saturated rings. The van der Waals surface area contributed by atoms with E-state index in [1.54, 1.807) is 0 Å². The van der Waals surface area contributed by atoms with E-state index in [4.69, 9.17) is 16.3 Å². The van der Waals surface area contributed by atoms with Crippen molar-refractivity contribution in [3.05, 3.63) is 80.6 Å². The van der Waals surface area contributed by atoms with E-state index in [0.717, 1.165) is 17.5 Å². The molecule has 160 valence electrons. The second-order valence-corrected chi connectivity index (χ2v) is 8.64. The van der Waals surface area contributed by atoms with Gasteiger partial charge in [-0.2, -0.15) is 0 Å². The number of anilines is 1. The van der Waals surface area contributed by atoms with Gasteiger partial charge in [-0.25, -0.2) is 4.98 Å². The Bertz CT molecular complexity index is 1150. The second kappa shape index (κ2) is 9.58. The van der Waals surface area contributed by atoms with Crippen LogP contribution in [-0.2, 0) is 10.5 Å². The zero-order valence-corrected chi connectivity index (χ0v) is 18.6. The second-order valence-electron chi connectivity index (χ2n) is 7.24. The molecule has 0 bridgehead atoms. The van der Waals surface area contributed by atoms with Crippen LogP contribution in [0.4, 0.5) is 5.82 Å². The number of benzene rings is 2. The fourth-order valence-electron chi connectivity index (χ4n) is 3.53. The third-order valence-electron chi connectivity index (χ3n) is 4.97. The van der Waals surface area contributed by atoms with Crippen LogP contribution < -0.4 is 15.6 Å². The average Bonchev–Trinajstić information content (AvgIpc) is 2.76. The van der Waals surface area contributed by atoms with E-state index >= 15 is 0 Å². The lowest BCUT2D eigenvalue weighted by Crippen LogP contribution is -2.31. The number of hydrogen-bond acceptors (Lipinski definition) is 5. The van der Waals surface area contributed by atoms with Gasteiger partial charge in [0.2, 0.25) is 5.91 Å². The van der Waals surface area contributed by atoms with Gasteiger partial charge >= 0.3 is 0 Å². The Morgan fingerprint density at radius 2 is 1.94 bits per heavy atom. The summed E-state index contributed by atoms with van der Waals surface area (Å²) in [6, 6.07) is 15.0. The van der Waals surface area contributed by atoms with Crippen LogP contribution in [-0.4, -0.2) is 22.5 Å². The Morgan fingerprint density at radius 1 is 1.16 bits per heavy atom. The van der Waals surface area contributed by atoms with E-state index in [2.05, 4.69) is 15.3 Å². The summed E-state index contributed by atoms with van der Waals surface area (Å²) in [7, 11) is 0. The van der Waals surface area contributed by atoms with Crippen LogP contribution in [0.2, 0.25) is 5.02 Å². The molecular formula is C23H22ClN3O3S. The molecule has 31 heavy (non-hydrogen) atoms. The molecule has 0 saturated heterocycles. The normalized spacial score (nSPS) is 15.3. The molecule has 1 aliphatic rings. The first-order chi connectivity index (χ1) is 15.0. The largest absolute Gasteiger partial charge is 0.493 e. The van der Waals surface area contributed by atoms with Gasteiger partial charge in [0.25, 0.3) is 5.56 Å². The van der Waals surface area contributed by atoms with Crippen LogP contribution in [0, 0.1) is 0 Å². The van der Waals surface area contributed by atoms with E-state index in [1.807, 2.05) is 55.5 Å². The maximum atomic E-state index is 13.0. The molecule has 0 aliphatic carbocycles. The van der Waals surface area contributed by atoms with Gasteiger partial charge in [-0.15, -0.1) is 0 Å². The molecule has 0 radical (unpaired) electrons. The first kappa shape index (κ1) is 21.5. The molecule has 3 aromatic rings. The van der Waals surface area contributed by atoms with Crippen molar-refractivity contribution in [3.8, 4) is 5.75 Å². The summed E-state index contributed by atoms with van der Waals surface area (Å²) in [5, 5.41) is 3.89. The summed E-state index contributed by atoms with van der Waals surface area (Å²) in [5.74, 6) is 1.03. The highest BCUT2D eigenvalue weighted by Gasteiger charge is 2.32. The molecule has 0 unspecified atom stereocenters. The lowest BCUT2D eigenvalue weighted by Gasteiger charge is -2.26. The van der Waals surface area contributed by atoms with E-state index in [-0.39, 0.29) is 17.9 Å². The number of fused-ring (bicyclic) bond motifs is 1. The maximum absolute atomic E-state index is 13.0. The molecule has 0 spiro atoms. The van der Waals surface area contributed by atoms with Crippen LogP contribution in [0.1, 0.15) is 42.4 Å². The van der Waals surface area contributed by atoms with Crippen molar-refractivity contribution < 1.29 is 9.53 Å². The molecule has 1 aromatic heterocycles. The first-order valence-corrected chi connectivity index (χ1v) is 11.4. The Labute approximate surface area is 189 Å². The van der Waals surface area contributed by atoms with E-state index in [0.29, 0.717) is 39.7 Å². The van der Waals surface area contributed by atoms with Crippen LogP contribution in [0.25, 0.3) is 0 Å². The molecular weight excluding hydrogens is 434 g/mol. The zero-order valence-electron chi connectivity index (χ0n) is 17.0. The number of carbonyl (C=O) groups is 1. The number of aromatic nitrogens is 2. The van der Waals surface area contributed by atoms with Crippen molar-refractivity contribution in [3.63, 3.8) is 0 Å². The molecule has 2 N–H and O–H groups in total. The number of para-hydroxylation sites is 1. The Hall–Kier alpha value is -2.77. The number of rotatable bonds is 7. The third-order valence-corrected chi connectivity index (χ3v) is 6.17. The lowest BCUT2D eigenvalue weighted by molar-refractivity contribution is -0.116. The smallest absolute Gasteiger partial charge is 0.257 e. The van der Waals surface area contributed by atoms with Crippen molar-refractivity contribution in [2.75, 3.05) is 11.9 Å². The molecule has 8 heteroatoms. The van der Waals surface area contributed by atoms with Gasteiger partial charge in [-0.3, -0.25) is 9.59 Å². The van der Waals surface area contributed by atoms with Crippen molar-refractivity contribution in [1.82, 2.24) is 9.97 Å². The van der Waals surface area contributed by atoms with Crippen molar-refractivity contribution >= 4 is 35.1 Å². The molecule has 0 saturated carbocycles. The summed E-state index contributed by atoms with van der Waals surface area (Å²) < 4.78 is 5.87. The number of ether oxygens (including phenoxy) is 1. The number of H-pyrrole nitrogens is 1. The first-order valence-electron chi connectivity index (χ1n) is 10.1. The van der Waals surface area contributed by atoms with Gasteiger partial charge in [0, 0.05) is 28.7 Å². The lowest BCUT2D eigenvalue weighted by atomic mass is 9.86. The van der Waals surface area contributed by atoms with Crippen molar-refractivity contribution in [2.45, 2.75) is 36.6 Å². The number of hydrogen-bond donors (Lipinski definition) is 2. The minimum Gasteiger partial charge on any atom is -0.493 e. The summed E-state index contributed by atoms with van der Waals surface area (Å²) in [5.41, 5.74) is 2.08. The van der Waals surface area contributed by atoms with Crippen molar-refractivity contribution in [2.24, 2.45) is 0 Å². The summed E-state index contributed by atoms with van der Waals surface area (Å²) in [6.07, 6.45) is 1.04. The van der Waals surface area contributed by atoms with Gasteiger partial charge in [0.15, 0.2) is 5.16 Å². The predicted octanol–water partition coefficient (Wildman–Crippen LogP) is 4.98. The Kier molecular flexibility index (Phi) is 6.63. The average molecular weight is 456 g/mol. The van der Waals surface area contributed by atoms with Gasteiger partial charge in [0.05, 0.1) is 12.2 Å². The summed E-state index contributed by atoms with van der Waals surface area (Å²) in [4.78, 5) is 32.9. The molecule has 4 rings (SSSR count). The molecule has 1 atom stereocenters. The molecule has 1 aliphatic heterocycles. The Balaban J connectivity index is 1.65. The van der Waals surface area contributed by atoms with Crippen LogP contribution in [0.3, 0.4) is 0 Å². The topological polar surface area (TPSA) is 84.1 Å². The van der Waals surface area contributed by atoms with Crippen LogP contribution >= 0.6 is 23.4 Å². The molecule has 1 amide bonds. The fraction of sp³-hybridized carbons (Fsp3) is 0.261. The third kappa shape index (κ3) is 4.94. The Morgan fingerprint density at radius 3 is 2.71 bits per heavy atom. The summed E-state index contributed by atoms with van der Waals surface area (Å²) in [6.45, 7) is 2.60. The van der Waals surface area contributed by atoms with Crippen molar-refractivity contribution in [1.29, 1.82) is 0 Å². The molecule has 2 aromatic carbocycles. The van der Waals surface area contributed by atoms with Gasteiger partial charge in [-0.05, 0) is 30.2 Å². The van der Waals surface area contributed by atoms with Crippen LogP contribution in [0.15, 0.2) is 58.5 Å². The number of nitrogens with one attached hydrogen (secondary N) is 2. The summed E-state index contributed by atoms with van der Waals surface area (Å²) >= 11 is 7.32. The SMILES string of the molecule is CCCOc1ccccc1[C@H]1CC(=O)Nc2nc(SCc3ccc(Cl)cc3)[nH]c(=O)c21. The van der Waals surface area contributed by atoms with Gasteiger partial charge in [-0.1, -0.05) is 60.6 Å². The highest BCUT2D eigenvalue weighted by molar-refractivity contribution is 7.98. The number of thioether (sulfide) groups is 1. The highest BCUT2D eigenvalue weighted by Crippen LogP contribution is 2.38. The maximum Gasteiger partial charge on any atom is 0.257 e. The monoisotopic (exact) mass is 455 g/mol. The number of halogens is 1. The number of nitrogens with zero attached hydrogens (tertiary/aromatic N) is 1. The number of amides is 1. The van der Waals surface area contributed by atoms with Crippen LogP contribution in [0.5, 0.6) is 5.75 Å². The quantitative estimate of drug-likeness (QED) is 0.387. The standard InChI is InChI=1S/C23H22ClN3O3S/c1-2-11-30-18-6-4-3-5-16(18)17-12-19(28)25-21-20(17)22(29)27-23(26-21)31-13-14-7-9-15(24)10-8-14/h3-10,17H,2,11-13H2,1H3,(H2,25,26,27,28,29)/t17-/m1/s1. The zero-order chi connectivity index (χ0) is 21.8. The van der Waals surface area contributed by atoms with E-state index < -0.39 is 5.92 Å². The number of aromatic amines is 1. The fourth-order valence-corrected chi connectivity index (χ4v) is 4.47.